The van der Waals surface area contributed by atoms with Gasteiger partial charge in [-0.15, -0.1) is 11.3 Å². The van der Waals surface area contributed by atoms with Crippen LogP contribution >= 0.6 is 11.3 Å². The highest BCUT2D eigenvalue weighted by Crippen LogP contribution is 2.33. The van der Waals surface area contributed by atoms with Crippen molar-refractivity contribution in [1.29, 1.82) is 0 Å². The van der Waals surface area contributed by atoms with Crippen LogP contribution in [0.15, 0.2) is 48.8 Å². The van der Waals surface area contributed by atoms with Crippen LogP contribution in [0, 0.1) is 0 Å². The van der Waals surface area contributed by atoms with Crippen molar-refractivity contribution in [2.45, 2.75) is 44.6 Å². The van der Waals surface area contributed by atoms with Gasteiger partial charge in [0.2, 0.25) is 0 Å². The van der Waals surface area contributed by atoms with Crippen LogP contribution in [-0.2, 0) is 0 Å². The molecule has 0 radical (unpaired) electrons. The second-order valence-electron chi connectivity index (χ2n) is 11.0. The highest BCUT2D eigenvalue weighted by atomic mass is 32.1. The third-order valence-corrected chi connectivity index (χ3v) is 9.22. The summed E-state index contributed by atoms with van der Waals surface area (Å²) in [6, 6.07) is 12.8. The number of aromatic nitrogens is 2. The first kappa shape index (κ1) is 26.2. The van der Waals surface area contributed by atoms with Gasteiger partial charge in [-0.05, 0) is 102 Å². The fourth-order valence-corrected chi connectivity index (χ4v) is 6.79. The lowest BCUT2D eigenvalue weighted by atomic mass is 10.1. The number of nitrogens with one attached hydrogen (secondary N) is 2. The number of carbonyl (C=O) groups excluding carboxylic acids is 1. The summed E-state index contributed by atoms with van der Waals surface area (Å²) in [6.45, 7) is 6.60. The zero-order valence-corrected chi connectivity index (χ0v) is 23.6. The van der Waals surface area contributed by atoms with Gasteiger partial charge in [0.15, 0.2) is 0 Å². The zero-order chi connectivity index (χ0) is 26.6. The van der Waals surface area contributed by atoms with Gasteiger partial charge in [0, 0.05) is 46.3 Å². The molecular formula is C31H38N6OS. The number of likely N-dealkylation sites (tertiary alicyclic amines) is 2. The van der Waals surface area contributed by atoms with Crippen molar-refractivity contribution >= 4 is 43.9 Å². The molecule has 5 heterocycles. The topological polar surface area (TPSA) is 73.4 Å². The molecule has 2 aliphatic rings. The second kappa shape index (κ2) is 12.0. The number of anilines is 1. The molecule has 4 aromatic rings. The molecule has 0 saturated carbocycles. The molecule has 0 spiro atoms. The summed E-state index contributed by atoms with van der Waals surface area (Å²) in [5, 5.41) is 9.07. The Balaban J connectivity index is 1.19. The summed E-state index contributed by atoms with van der Waals surface area (Å²) in [5.74, 6) is 0.0414. The third kappa shape index (κ3) is 6.24. The largest absolute Gasteiger partial charge is 0.384 e. The first-order chi connectivity index (χ1) is 19.1. The van der Waals surface area contributed by atoms with Gasteiger partial charge in [-0.2, -0.15) is 0 Å². The van der Waals surface area contributed by atoms with Crippen LogP contribution in [-0.4, -0.2) is 78.0 Å². The van der Waals surface area contributed by atoms with Crippen LogP contribution in [0.4, 0.5) is 5.69 Å². The zero-order valence-electron chi connectivity index (χ0n) is 22.8. The molecule has 2 N–H and O–H groups in total. The fourth-order valence-electron chi connectivity index (χ4n) is 5.78. The second-order valence-corrected chi connectivity index (χ2v) is 12.1. The highest BCUT2D eigenvalue weighted by molar-refractivity contribution is 7.20. The first-order valence-electron chi connectivity index (χ1n) is 14.4. The average molecular weight is 543 g/mol. The number of piperidine rings is 2. The fraction of sp³-hybridized carbons (Fsp3) is 0.452. The SMILES string of the molecule is CN1CCC(NC(=O)c2cc3ccc(-c4cc(NCCCN5CCCCC5)c5cnccc5n4)cc3s2)CC1. The van der Waals surface area contributed by atoms with Gasteiger partial charge in [-0.3, -0.25) is 9.78 Å². The maximum absolute atomic E-state index is 13.0. The van der Waals surface area contributed by atoms with E-state index < -0.39 is 0 Å². The van der Waals surface area contributed by atoms with Crippen molar-refractivity contribution in [3.05, 3.63) is 53.7 Å². The summed E-state index contributed by atoms with van der Waals surface area (Å²) in [7, 11) is 2.14. The minimum atomic E-state index is 0.0414. The van der Waals surface area contributed by atoms with E-state index in [0.717, 1.165) is 88.3 Å². The van der Waals surface area contributed by atoms with Crippen molar-refractivity contribution in [2.24, 2.45) is 0 Å². The monoisotopic (exact) mass is 542 g/mol. The number of carbonyl (C=O) groups is 1. The van der Waals surface area contributed by atoms with Gasteiger partial charge in [0.25, 0.3) is 5.91 Å². The molecule has 2 fully saturated rings. The van der Waals surface area contributed by atoms with E-state index in [1.165, 1.54) is 32.4 Å². The van der Waals surface area contributed by atoms with Gasteiger partial charge >= 0.3 is 0 Å². The Morgan fingerprint density at radius 3 is 2.74 bits per heavy atom. The van der Waals surface area contributed by atoms with Crippen LogP contribution in [0.2, 0.25) is 0 Å². The molecule has 0 bridgehead atoms. The number of hydrogen-bond acceptors (Lipinski definition) is 7. The van der Waals surface area contributed by atoms with Crippen molar-refractivity contribution < 1.29 is 4.79 Å². The molecule has 2 aliphatic heterocycles. The van der Waals surface area contributed by atoms with E-state index in [-0.39, 0.29) is 11.9 Å². The Bertz CT molecular complexity index is 1440. The molecule has 0 atom stereocenters. The normalized spacial score (nSPS) is 17.6. The van der Waals surface area contributed by atoms with Gasteiger partial charge < -0.3 is 20.4 Å². The number of nitrogens with zero attached hydrogens (tertiary/aromatic N) is 4. The standard InChI is InChI=1S/C31H38N6OS/c1-36-16-9-24(10-17-36)34-31(38)30-19-23-7-6-22(18-29(23)39-30)27-20-28(25-21-32-12-8-26(25)35-27)33-11-5-15-37-13-3-2-4-14-37/h6-8,12,18-21,24H,2-5,9-11,13-17H2,1H3,(H,33,35)(H,34,38). The summed E-state index contributed by atoms with van der Waals surface area (Å²) in [6.07, 6.45) is 10.9. The van der Waals surface area contributed by atoms with Gasteiger partial charge in [0.1, 0.15) is 0 Å². The van der Waals surface area contributed by atoms with Crippen molar-refractivity contribution in [2.75, 3.05) is 51.6 Å². The Hall–Kier alpha value is -3.07. The summed E-state index contributed by atoms with van der Waals surface area (Å²) >= 11 is 1.56. The van der Waals surface area contributed by atoms with Crippen LogP contribution in [0.1, 0.15) is 48.2 Å². The lowest BCUT2D eigenvalue weighted by Crippen LogP contribution is -2.43. The molecule has 39 heavy (non-hydrogen) atoms. The maximum Gasteiger partial charge on any atom is 0.261 e. The molecule has 204 valence electrons. The molecule has 2 saturated heterocycles. The quantitative estimate of drug-likeness (QED) is 0.282. The Morgan fingerprint density at radius 2 is 1.90 bits per heavy atom. The minimum Gasteiger partial charge on any atom is -0.384 e. The minimum absolute atomic E-state index is 0.0414. The van der Waals surface area contributed by atoms with Crippen LogP contribution in [0.5, 0.6) is 0 Å². The summed E-state index contributed by atoms with van der Waals surface area (Å²) in [4.78, 5) is 28.0. The van der Waals surface area contributed by atoms with Crippen LogP contribution in [0.25, 0.3) is 32.2 Å². The molecule has 0 aliphatic carbocycles. The summed E-state index contributed by atoms with van der Waals surface area (Å²) in [5.41, 5.74) is 4.00. The highest BCUT2D eigenvalue weighted by Gasteiger charge is 2.20. The van der Waals surface area contributed by atoms with E-state index in [1.807, 2.05) is 18.3 Å². The molecule has 1 aromatic carbocycles. The number of benzene rings is 1. The maximum atomic E-state index is 13.0. The van der Waals surface area contributed by atoms with Crippen LogP contribution < -0.4 is 10.6 Å². The smallest absolute Gasteiger partial charge is 0.261 e. The third-order valence-electron chi connectivity index (χ3n) is 8.12. The number of amides is 1. The van der Waals surface area contributed by atoms with E-state index in [4.69, 9.17) is 4.98 Å². The molecule has 6 rings (SSSR count). The number of thiophene rings is 1. The van der Waals surface area contributed by atoms with E-state index in [9.17, 15) is 4.79 Å². The molecule has 7 nitrogen and oxygen atoms in total. The van der Waals surface area contributed by atoms with Gasteiger partial charge in [-0.25, -0.2) is 4.98 Å². The lowest BCUT2D eigenvalue weighted by Gasteiger charge is -2.29. The molecule has 3 aromatic heterocycles. The van der Waals surface area contributed by atoms with Gasteiger partial charge in [0.05, 0.1) is 16.1 Å². The van der Waals surface area contributed by atoms with E-state index in [0.29, 0.717) is 0 Å². The average Bonchev–Trinajstić information content (AvgIpc) is 3.41. The Morgan fingerprint density at radius 1 is 1.05 bits per heavy atom. The number of hydrogen-bond donors (Lipinski definition) is 2. The Labute approximate surface area is 234 Å². The molecule has 0 unspecified atom stereocenters. The lowest BCUT2D eigenvalue weighted by molar-refractivity contribution is 0.0921. The van der Waals surface area contributed by atoms with Crippen molar-refractivity contribution in [3.63, 3.8) is 0 Å². The number of rotatable bonds is 8. The number of fused-ring (bicyclic) bond motifs is 2. The van der Waals surface area contributed by atoms with Gasteiger partial charge in [-0.1, -0.05) is 18.6 Å². The summed E-state index contributed by atoms with van der Waals surface area (Å²) < 4.78 is 1.11. The van der Waals surface area contributed by atoms with E-state index in [1.54, 1.807) is 17.5 Å². The molecular weight excluding hydrogens is 504 g/mol. The molecule has 8 heteroatoms. The van der Waals surface area contributed by atoms with E-state index >= 15 is 0 Å². The molecule has 1 amide bonds. The van der Waals surface area contributed by atoms with Crippen LogP contribution in [0.3, 0.4) is 0 Å². The number of pyridine rings is 2. The Kier molecular flexibility index (Phi) is 8.04. The predicted octanol–water partition coefficient (Wildman–Crippen LogP) is 5.62. The van der Waals surface area contributed by atoms with E-state index in [2.05, 4.69) is 56.7 Å². The van der Waals surface area contributed by atoms with Crippen molar-refractivity contribution in [3.8, 4) is 11.3 Å². The predicted molar refractivity (Wildman–Crippen MR) is 162 cm³/mol. The first-order valence-corrected chi connectivity index (χ1v) is 15.2. The van der Waals surface area contributed by atoms with Crippen molar-refractivity contribution in [1.82, 2.24) is 25.1 Å².